The predicted octanol–water partition coefficient (Wildman–Crippen LogP) is 3.33. The van der Waals surface area contributed by atoms with E-state index in [4.69, 9.17) is 10.5 Å². The molecule has 0 unspecified atom stereocenters. The Labute approximate surface area is 204 Å². The first-order valence-corrected chi connectivity index (χ1v) is 12.6. The number of nitrogens with two attached hydrogens (primary N) is 1. The summed E-state index contributed by atoms with van der Waals surface area (Å²) in [5.74, 6) is -0.197. The number of morpholine rings is 1. The summed E-state index contributed by atoms with van der Waals surface area (Å²) in [6, 6.07) is 6.35. The quantitative estimate of drug-likeness (QED) is 0.602. The monoisotopic (exact) mass is 477 g/mol. The van der Waals surface area contributed by atoms with Gasteiger partial charge in [0.2, 0.25) is 0 Å². The summed E-state index contributed by atoms with van der Waals surface area (Å²) < 4.78 is 21.7. The van der Waals surface area contributed by atoms with Gasteiger partial charge in [0.25, 0.3) is 0 Å². The van der Waals surface area contributed by atoms with E-state index in [1.165, 1.54) is 0 Å². The molecule has 4 heterocycles. The second kappa shape index (κ2) is 8.40. The van der Waals surface area contributed by atoms with Gasteiger partial charge in [-0.05, 0) is 24.5 Å². The lowest BCUT2D eigenvalue weighted by Gasteiger charge is -2.41. The van der Waals surface area contributed by atoms with E-state index in [1.807, 2.05) is 36.9 Å². The van der Waals surface area contributed by atoms with Crippen LogP contribution in [0.15, 0.2) is 24.4 Å². The molecule has 35 heavy (non-hydrogen) atoms. The van der Waals surface area contributed by atoms with Gasteiger partial charge in [0.15, 0.2) is 17.4 Å². The Hall–Kier alpha value is -2.81. The van der Waals surface area contributed by atoms with Gasteiger partial charge in [0, 0.05) is 78.1 Å². The number of nitrogens with one attached hydrogen (secondary N) is 1. The average molecular weight is 478 g/mol. The molecule has 2 aliphatic heterocycles. The maximum Gasteiger partial charge on any atom is 0.197 e. The zero-order valence-electron chi connectivity index (χ0n) is 20.4. The molecule has 0 amide bonds. The number of piperidine rings is 1. The molecule has 0 spiro atoms. The summed E-state index contributed by atoms with van der Waals surface area (Å²) in [6.07, 6.45) is 3.52. The minimum absolute atomic E-state index is 0.176. The van der Waals surface area contributed by atoms with Gasteiger partial charge >= 0.3 is 0 Å². The number of hydrogen-bond donors (Lipinski definition) is 2. The van der Waals surface area contributed by atoms with Crippen molar-refractivity contribution < 1.29 is 13.9 Å². The van der Waals surface area contributed by atoms with Crippen molar-refractivity contribution >= 4 is 22.5 Å². The fourth-order valence-electron chi connectivity index (χ4n) is 6.20. The Morgan fingerprint density at radius 2 is 1.94 bits per heavy atom. The molecule has 3 aliphatic rings. The zero-order valence-corrected chi connectivity index (χ0v) is 20.4. The van der Waals surface area contributed by atoms with Gasteiger partial charge in [0.05, 0.1) is 18.8 Å². The normalized spacial score (nSPS) is 20.8. The van der Waals surface area contributed by atoms with Crippen LogP contribution in [0.1, 0.15) is 59.4 Å². The number of anilines is 1. The topological polar surface area (TPSA) is 87.5 Å². The van der Waals surface area contributed by atoms with E-state index in [9.17, 15) is 4.79 Å². The van der Waals surface area contributed by atoms with Crippen molar-refractivity contribution in [2.45, 2.75) is 44.7 Å². The highest BCUT2D eigenvalue weighted by Crippen LogP contribution is 2.46. The lowest BCUT2D eigenvalue weighted by atomic mass is 9.71. The first-order chi connectivity index (χ1) is 16.9. The molecule has 3 N–H and O–H groups in total. The van der Waals surface area contributed by atoms with Crippen LogP contribution in [0.2, 0.25) is 0 Å². The van der Waals surface area contributed by atoms with Gasteiger partial charge in [0.1, 0.15) is 0 Å². The van der Waals surface area contributed by atoms with E-state index in [0.29, 0.717) is 35.1 Å². The number of halogens is 1. The molecule has 2 saturated heterocycles. The van der Waals surface area contributed by atoms with E-state index < -0.39 is 5.41 Å². The Bertz CT molecular complexity index is 1300. The minimum atomic E-state index is -0.714. The lowest BCUT2D eigenvalue weighted by molar-refractivity contribution is 0.0114. The van der Waals surface area contributed by atoms with Crippen LogP contribution in [0.5, 0.6) is 0 Å². The number of fused-ring (bicyclic) bond motifs is 4. The molecule has 2 aromatic heterocycles. The summed E-state index contributed by atoms with van der Waals surface area (Å²) in [4.78, 5) is 26.1. The highest BCUT2D eigenvalue weighted by Gasteiger charge is 2.43. The molecule has 0 radical (unpaired) electrons. The van der Waals surface area contributed by atoms with E-state index >= 15 is 4.39 Å². The van der Waals surface area contributed by atoms with Crippen molar-refractivity contribution in [1.29, 1.82) is 0 Å². The van der Waals surface area contributed by atoms with Crippen LogP contribution in [0.3, 0.4) is 0 Å². The van der Waals surface area contributed by atoms with Crippen LogP contribution < -0.4 is 10.6 Å². The number of ether oxygens (including phenoxy) is 1. The number of carbonyl (C=O) groups is 1. The molecule has 1 aliphatic carbocycles. The van der Waals surface area contributed by atoms with Crippen molar-refractivity contribution in [2.75, 3.05) is 44.3 Å². The van der Waals surface area contributed by atoms with Crippen LogP contribution in [-0.4, -0.2) is 66.1 Å². The molecular formula is C27H32FN5O2. The van der Waals surface area contributed by atoms with E-state index in [1.54, 1.807) is 6.20 Å². The largest absolute Gasteiger partial charge is 0.379 e. The van der Waals surface area contributed by atoms with Crippen LogP contribution >= 0.6 is 0 Å². The third kappa shape index (κ3) is 3.50. The number of rotatable bonds is 3. The number of hydrogen-bond acceptors (Lipinski definition) is 6. The molecule has 8 heteroatoms. The van der Waals surface area contributed by atoms with Crippen molar-refractivity contribution in [3.05, 3.63) is 58.2 Å². The van der Waals surface area contributed by atoms with Crippen molar-refractivity contribution in [3.8, 4) is 0 Å². The number of benzene rings is 1. The molecule has 184 valence electrons. The molecule has 0 bridgehead atoms. The Morgan fingerprint density at radius 3 is 2.66 bits per heavy atom. The summed E-state index contributed by atoms with van der Waals surface area (Å²) in [5, 5.41) is 0.843. The number of aromatic nitrogens is 2. The van der Waals surface area contributed by atoms with Crippen LogP contribution in [0, 0.1) is 5.82 Å². The first-order valence-electron chi connectivity index (χ1n) is 12.6. The predicted molar refractivity (Wildman–Crippen MR) is 134 cm³/mol. The number of carbonyl (C=O) groups excluding carboxylic acids is 1. The maximum atomic E-state index is 16.2. The number of H-pyrrole nitrogens is 1. The standard InChI is InChI=1S/C27H32FN5O2/c1-27(2)22-19(24(34)21-18-4-3-16(14-29)13-20(18)31-25(21)27)15-30-26(23(22)28)33-7-5-17(6-8-33)32-9-11-35-12-10-32/h3-4,13,15,17,31H,5-12,14,29H2,1-2H3. The Kier molecular flexibility index (Phi) is 5.43. The van der Waals surface area contributed by atoms with Gasteiger partial charge in [-0.3, -0.25) is 9.69 Å². The highest BCUT2D eigenvalue weighted by atomic mass is 19.1. The molecule has 0 saturated carbocycles. The molecule has 6 rings (SSSR count). The molecular weight excluding hydrogens is 445 g/mol. The van der Waals surface area contributed by atoms with Crippen LogP contribution in [0.25, 0.3) is 10.9 Å². The van der Waals surface area contributed by atoms with Gasteiger partial charge in [-0.2, -0.15) is 0 Å². The summed E-state index contributed by atoms with van der Waals surface area (Å²) in [7, 11) is 0. The van der Waals surface area contributed by atoms with E-state index in [-0.39, 0.29) is 11.6 Å². The maximum absolute atomic E-state index is 16.2. The summed E-state index contributed by atoms with van der Waals surface area (Å²) in [6.45, 7) is 9.37. The Balaban J connectivity index is 1.35. The summed E-state index contributed by atoms with van der Waals surface area (Å²) >= 11 is 0. The molecule has 1 aromatic carbocycles. The molecule has 3 aromatic rings. The summed E-state index contributed by atoms with van der Waals surface area (Å²) in [5.41, 5.74) is 9.09. The SMILES string of the molecule is CC1(C)c2[nH]c3cc(CN)ccc3c2C(=O)c2cnc(N3CCC(N4CCOCC4)CC3)c(F)c21. The first kappa shape index (κ1) is 22.6. The zero-order chi connectivity index (χ0) is 24.3. The Morgan fingerprint density at radius 1 is 1.20 bits per heavy atom. The molecule has 2 fully saturated rings. The van der Waals surface area contributed by atoms with Gasteiger partial charge in [-0.1, -0.05) is 26.0 Å². The average Bonchev–Trinajstić information content (AvgIpc) is 3.28. The number of nitrogens with zero attached hydrogens (tertiary/aromatic N) is 3. The lowest BCUT2D eigenvalue weighted by Crippen LogP contribution is -2.49. The third-order valence-electron chi connectivity index (χ3n) is 8.15. The minimum Gasteiger partial charge on any atom is -0.379 e. The smallest absolute Gasteiger partial charge is 0.197 e. The number of ketones is 1. The molecule has 7 nitrogen and oxygen atoms in total. The van der Waals surface area contributed by atoms with E-state index in [0.717, 1.165) is 74.4 Å². The van der Waals surface area contributed by atoms with Crippen molar-refractivity contribution in [2.24, 2.45) is 5.73 Å². The fraction of sp³-hybridized carbons (Fsp3) is 0.481. The second-order valence-corrected chi connectivity index (χ2v) is 10.5. The number of aromatic amines is 1. The van der Waals surface area contributed by atoms with Gasteiger partial charge in [-0.15, -0.1) is 0 Å². The third-order valence-corrected chi connectivity index (χ3v) is 8.15. The fourth-order valence-corrected chi connectivity index (χ4v) is 6.20. The molecule has 0 atom stereocenters. The van der Waals surface area contributed by atoms with Crippen LogP contribution in [0.4, 0.5) is 10.2 Å². The van der Waals surface area contributed by atoms with Crippen molar-refractivity contribution in [3.63, 3.8) is 0 Å². The van der Waals surface area contributed by atoms with Gasteiger partial charge < -0.3 is 20.4 Å². The van der Waals surface area contributed by atoms with Crippen molar-refractivity contribution in [1.82, 2.24) is 14.9 Å². The second-order valence-electron chi connectivity index (χ2n) is 10.5. The van der Waals surface area contributed by atoms with Crippen LogP contribution in [-0.2, 0) is 16.7 Å². The van der Waals surface area contributed by atoms with Gasteiger partial charge in [-0.25, -0.2) is 9.37 Å². The van der Waals surface area contributed by atoms with E-state index in [2.05, 4.69) is 14.9 Å². The number of pyridine rings is 1. The highest BCUT2D eigenvalue weighted by molar-refractivity contribution is 6.20.